The largest absolute Gasteiger partial charge is 0.395 e. The van der Waals surface area contributed by atoms with Crippen molar-refractivity contribution in [2.45, 2.75) is 19.4 Å². The van der Waals surface area contributed by atoms with Crippen LogP contribution in [0.5, 0.6) is 0 Å². The van der Waals surface area contributed by atoms with Crippen LogP contribution in [0.4, 0.5) is 0 Å². The third-order valence-electron chi connectivity index (χ3n) is 1.75. The molecule has 0 saturated carbocycles. The Bertz CT molecular complexity index is 127. The van der Waals surface area contributed by atoms with Gasteiger partial charge in [0.05, 0.1) is 12.4 Å². The predicted molar refractivity (Wildman–Crippen MR) is 45.7 cm³/mol. The lowest BCUT2D eigenvalue weighted by Crippen LogP contribution is -2.34. The molecule has 0 spiro atoms. The topological polar surface area (TPSA) is 73.3 Å². The minimum absolute atomic E-state index is 0.147. The van der Waals surface area contributed by atoms with Gasteiger partial charge in [0.1, 0.15) is 0 Å². The average Bonchev–Trinajstić information content (AvgIpc) is 1.98. The highest BCUT2D eigenvalue weighted by Crippen LogP contribution is 1.94. The molecule has 0 aromatic rings. The molecule has 0 aliphatic carbocycles. The van der Waals surface area contributed by atoms with Gasteiger partial charge in [-0.05, 0) is 14.0 Å². The number of likely N-dealkylation sites (N-methyl/N-ethyl adjacent to an activating group) is 1. The first-order valence-electron chi connectivity index (χ1n) is 3.72. The molecule has 0 heterocycles. The Balaban J connectivity index is 3.51. The molecule has 4 heteroatoms. The van der Waals surface area contributed by atoms with Crippen molar-refractivity contribution in [3.05, 3.63) is 0 Å². The number of rotatable bonds is 5. The fourth-order valence-electron chi connectivity index (χ4n) is 0.657. The van der Waals surface area contributed by atoms with Gasteiger partial charge in [0, 0.05) is 19.0 Å². The van der Waals surface area contributed by atoms with Crippen molar-refractivity contribution < 1.29 is 5.11 Å². The Labute approximate surface area is 67.5 Å². The van der Waals surface area contributed by atoms with Crippen molar-refractivity contribution in [2.24, 2.45) is 5.73 Å². The molecule has 4 nitrogen and oxygen atoms in total. The van der Waals surface area contributed by atoms with Crippen LogP contribution < -0.4 is 5.73 Å². The third kappa shape index (κ3) is 4.75. The molecule has 1 atom stereocenters. The molecule has 1 unspecified atom stereocenters. The quantitative estimate of drug-likeness (QED) is 0.378. The summed E-state index contributed by atoms with van der Waals surface area (Å²) in [7, 11) is 1.91. The lowest BCUT2D eigenvalue weighted by molar-refractivity contribution is 0.162. The predicted octanol–water partition coefficient (Wildman–Crippen LogP) is -0.375. The van der Waals surface area contributed by atoms with Crippen molar-refractivity contribution in [3.63, 3.8) is 0 Å². The number of aliphatic hydroxyl groups is 1. The molecule has 4 N–H and O–H groups in total. The van der Waals surface area contributed by atoms with E-state index in [4.69, 9.17) is 16.2 Å². The van der Waals surface area contributed by atoms with Crippen molar-refractivity contribution in [3.8, 4) is 0 Å². The van der Waals surface area contributed by atoms with Gasteiger partial charge in [-0.2, -0.15) is 0 Å². The summed E-state index contributed by atoms with van der Waals surface area (Å²) in [6, 6.07) is 0.148. The van der Waals surface area contributed by atoms with E-state index in [1.165, 1.54) is 0 Å². The van der Waals surface area contributed by atoms with E-state index in [1.807, 2.05) is 18.9 Å². The van der Waals surface area contributed by atoms with Crippen LogP contribution in [0.15, 0.2) is 0 Å². The standard InChI is InChI=1S/C7H17N3O/c1-6(5-11)10(2)4-3-7(8)9/h6,11H,3-5H2,1-2H3,(H3,8,9). The highest BCUT2D eigenvalue weighted by Gasteiger charge is 2.06. The third-order valence-corrected chi connectivity index (χ3v) is 1.75. The fraction of sp³-hybridized carbons (Fsp3) is 0.857. The molecule has 0 aliphatic heterocycles. The second-order valence-corrected chi connectivity index (χ2v) is 2.79. The molecular formula is C7H17N3O. The first-order valence-corrected chi connectivity index (χ1v) is 3.72. The zero-order valence-electron chi connectivity index (χ0n) is 7.17. The normalized spacial score (nSPS) is 13.5. The molecule has 0 aromatic carbocycles. The maximum Gasteiger partial charge on any atom is 0.0918 e. The van der Waals surface area contributed by atoms with Crippen LogP contribution in [0.1, 0.15) is 13.3 Å². The Morgan fingerprint density at radius 2 is 2.27 bits per heavy atom. The van der Waals surface area contributed by atoms with E-state index in [2.05, 4.69) is 0 Å². The van der Waals surface area contributed by atoms with Gasteiger partial charge in [-0.25, -0.2) is 0 Å². The number of hydrogen-bond acceptors (Lipinski definition) is 3. The summed E-state index contributed by atoms with van der Waals surface area (Å²) in [6.45, 7) is 2.81. The molecule has 0 aromatic heterocycles. The first-order chi connectivity index (χ1) is 5.07. The van der Waals surface area contributed by atoms with Crippen LogP contribution in [0.3, 0.4) is 0 Å². The highest BCUT2D eigenvalue weighted by atomic mass is 16.3. The van der Waals surface area contributed by atoms with Gasteiger partial charge in [0.15, 0.2) is 0 Å². The second-order valence-electron chi connectivity index (χ2n) is 2.79. The van der Waals surface area contributed by atoms with Crippen LogP contribution in [-0.2, 0) is 0 Å². The molecule has 0 rings (SSSR count). The molecule has 0 saturated heterocycles. The number of hydrogen-bond donors (Lipinski definition) is 3. The Hall–Kier alpha value is -0.610. The Kier molecular flexibility index (Phi) is 4.81. The van der Waals surface area contributed by atoms with Crippen LogP contribution in [0.25, 0.3) is 0 Å². The van der Waals surface area contributed by atoms with Gasteiger partial charge in [-0.1, -0.05) is 0 Å². The Morgan fingerprint density at radius 1 is 1.73 bits per heavy atom. The molecule has 0 radical (unpaired) electrons. The summed E-state index contributed by atoms with van der Waals surface area (Å²) in [5.41, 5.74) is 5.18. The van der Waals surface area contributed by atoms with Crippen LogP contribution in [0.2, 0.25) is 0 Å². The molecule has 0 bridgehead atoms. The maximum atomic E-state index is 8.74. The van der Waals surface area contributed by atoms with Crippen molar-refractivity contribution in [2.75, 3.05) is 20.2 Å². The minimum atomic E-state index is 0.147. The molecular weight excluding hydrogens is 142 g/mol. The van der Waals surface area contributed by atoms with E-state index in [0.29, 0.717) is 6.42 Å². The summed E-state index contributed by atoms with van der Waals surface area (Å²) >= 11 is 0. The highest BCUT2D eigenvalue weighted by molar-refractivity contribution is 5.76. The zero-order chi connectivity index (χ0) is 8.85. The van der Waals surface area contributed by atoms with Gasteiger partial charge in [0.25, 0.3) is 0 Å². The summed E-state index contributed by atoms with van der Waals surface area (Å²) in [6.07, 6.45) is 0.570. The molecule has 66 valence electrons. The van der Waals surface area contributed by atoms with E-state index in [-0.39, 0.29) is 18.5 Å². The van der Waals surface area contributed by atoms with Gasteiger partial charge in [0.2, 0.25) is 0 Å². The smallest absolute Gasteiger partial charge is 0.0918 e. The lowest BCUT2D eigenvalue weighted by Gasteiger charge is -2.22. The van der Waals surface area contributed by atoms with E-state index in [1.54, 1.807) is 0 Å². The van der Waals surface area contributed by atoms with E-state index < -0.39 is 0 Å². The van der Waals surface area contributed by atoms with E-state index in [9.17, 15) is 0 Å². The van der Waals surface area contributed by atoms with Gasteiger partial charge in [-0.15, -0.1) is 0 Å². The van der Waals surface area contributed by atoms with Crippen LogP contribution in [-0.4, -0.2) is 42.1 Å². The molecule has 0 aliphatic rings. The summed E-state index contributed by atoms with van der Waals surface area (Å²) in [5, 5.41) is 15.7. The SMILES string of the molecule is CC(CO)N(C)CCC(=N)N. The number of nitrogens with zero attached hydrogens (tertiary/aromatic N) is 1. The maximum absolute atomic E-state index is 8.74. The van der Waals surface area contributed by atoms with Gasteiger partial charge < -0.3 is 15.7 Å². The van der Waals surface area contributed by atoms with Crippen molar-refractivity contribution >= 4 is 5.84 Å². The molecule has 0 fully saturated rings. The summed E-state index contributed by atoms with van der Waals surface area (Å²) in [4.78, 5) is 1.97. The number of amidine groups is 1. The Morgan fingerprint density at radius 3 is 2.64 bits per heavy atom. The first kappa shape index (κ1) is 10.4. The van der Waals surface area contributed by atoms with Gasteiger partial charge >= 0.3 is 0 Å². The van der Waals surface area contributed by atoms with E-state index >= 15 is 0 Å². The van der Waals surface area contributed by atoms with Crippen molar-refractivity contribution in [1.29, 1.82) is 5.41 Å². The summed E-state index contributed by atoms with van der Waals surface area (Å²) in [5.74, 6) is 0.196. The van der Waals surface area contributed by atoms with Crippen molar-refractivity contribution in [1.82, 2.24) is 4.90 Å². The summed E-state index contributed by atoms with van der Waals surface area (Å²) < 4.78 is 0. The second kappa shape index (κ2) is 5.09. The van der Waals surface area contributed by atoms with Crippen LogP contribution >= 0.6 is 0 Å². The number of aliphatic hydroxyl groups excluding tert-OH is 1. The monoisotopic (exact) mass is 159 g/mol. The van der Waals surface area contributed by atoms with E-state index in [0.717, 1.165) is 6.54 Å². The average molecular weight is 159 g/mol. The van der Waals surface area contributed by atoms with Crippen LogP contribution in [0, 0.1) is 5.41 Å². The van der Waals surface area contributed by atoms with Gasteiger partial charge in [-0.3, -0.25) is 5.41 Å². The zero-order valence-corrected chi connectivity index (χ0v) is 7.17. The lowest BCUT2D eigenvalue weighted by atomic mass is 10.3. The molecule has 0 amide bonds. The minimum Gasteiger partial charge on any atom is -0.395 e. The fourth-order valence-corrected chi connectivity index (χ4v) is 0.657. The molecule has 11 heavy (non-hydrogen) atoms. The number of nitrogens with one attached hydrogen (secondary N) is 1. The number of nitrogens with two attached hydrogens (primary N) is 1.